The Labute approximate surface area is 88.1 Å². The predicted molar refractivity (Wildman–Crippen MR) is 54.8 cm³/mol. The SMILES string of the molecule is C#CC(C)(C)c1c(F)cc(F)cc1OC. The van der Waals surface area contributed by atoms with E-state index in [1.165, 1.54) is 7.11 Å². The normalized spacial score (nSPS) is 10.9. The molecule has 1 rings (SSSR count). The van der Waals surface area contributed by atoms with Crippen molar-refractivity contribution in [2.45, 2.75) is 19.3 Å². The van der Waals surface area contributed by atoms with Gasteiger partial charge in [0.05, 0.1) is 12.5 Å². The first kappa shape index (κ1) is 11.5. The molecular weight excluding hydrogens is 198 g/mol. The fraction of sp³-hybridized carbons (Fsp3) is 0.333. The fourth-order valence-corrected chi connectivity index (χ4v) is 1.39. The molecule has 0 unspecified atom stereocenters. The average Bonchev–Trinajstić information content (AvgIpc) is 2.15. The van der Waals surface area contributed by atoms with Gasteiger partial charge in [-0.15, -0.1) is 6.42 Å². The molecule has 0 bridgehead atoms. The van der Waals surface area contributed by atoms with Gasteiger partial charge in [-0.25, -0.2) is 8.78 Å². The molecule has 0 aromatic heterocycles. The quantitative estimate of drug-likeness (QED) is 0.682. The monoisotopic (exact) mass is 210 g/mol. The van der Waals surface area contributed by atoms with Gasteiger partial charge in [0.15, 0.2) is 0 Å². The minimum atomic E-state index is -0.830. The molecule has 0 fully saturated rings. The number of rotatable bonds is 2. The van der Waals surface area contributed by atoms with E-state index in [4.69, 9.17) is 11.2 Å². The number of hydrogen-bond donors (Lipinski definition) is 0. The molecule has 0 saturated heterocycles. The van der Waals surface area contributed by atoms with Crippen molar-refractivity contribution in [1.29, 1.82) is 0 Å². The molecular formula is C12H12F2O. The van der Waals surface area contributed by atoms with E-state index in [1.807, 2.05) is 0 Å². The highest BCUT2D eigenvalue weighted by Crippen LogP contribution is 2.34. The second-order valence-electron chi connectivity index (χ2n) is 3.73. The van der Waals surface area contributed by atoms with Crippen molar-refractivity contribution in [2.75, 3.05) is 7.11 Å². The Morgan fingerprint density at radius 3 is 2.40 bits per heavy atom. The second kappa shape index (κ2) is 3.90. The maximum atomic E-state index is 13.6. The zero-order valence-corrected chi connectivity index (χ0v) is 8.90. The zero-order valence-electron chi connectivity index (χ0n) is 8.90. The molecule has 1 aromatic carbocycles. The van der Waals surface area contributed by atoms with Crippen LogP contribution in [0.25, 0.3) is 0 Å². The van der Waals surface area contributed by atoms with Gasteiger partial charge >= 0.3 is 0 Å². The van der Waals surface area contributed by atoms with Gasteiger partial charge in [-0.05, 0) is 13.8 Å². The van der Waals surface area contributed by atoms with E-state index < -0.39 is 17.0 Å². The molecule has 1 nitrogen and oxygen atoms in total. The van der Waals surface area contributed by atoms with Crippen LogP contribution in [0, 0.1) is 24.0 Å². The smallest absolute Gasteiger partial charge is 0.134 e. The summed E-state index contributed by atoms with van der Waals surface area (Å²) < 4.78 is 31.4. The molecule has 0 amide bonds. The third-order valence-corrected chi connectivity index (χ3v) is 2.22. The summed E-state index contributed by atoms with van der Waals surface area (Å²) in [4.78, 5) is 0. The summed E-state index contributed by atoms with van der Waals surface area (Å²) in [5.74, 6) is 1.22. The van der Waals surface area contributed by atoms with E-state index in [9.17, 15) is 8.78 Å². The van der Waals surface area contributed by atoms with Gasteiger partial charge in [-0.1, -0.05) is 5.92 Å². The van der Waals surface area contributed by atoms with Crippen LogP contribution in [0.4, 0.5) is 8.78 Å². The van der Waals surface area contributed by atoms with Crippen LogP contribution in [-0.2, 0) is 5.41 Å². The van der Waals surface area contributed by atoms with E-state index in [1.54, 1.807) is 13.8 Å². The highest BCUT2D eigenvalue weighted by atomic mass is 19.1. The number of benzene rings is 1. The van der Waals surface area contributed by atoms with Crippen LogP contribution >= 0.6 is 0 Å². The molecule has 3 heteroatoms. The predicted octanol–water partition coefficient (Wildman–Crippen LogP) is 2.88. The topological polar surface area (TPSA) is 9.23 Å². The van der Waals surface area contributed by atoms with Gasteiger partial charge in [0, 0.05) is 17.7 Å². The van der Waals surface area contributed by atoms with Gasteiger partial charge < -0.3 is 4.74 Å². The summed E-state index contributed by atoms with van der Waals surface area (Å²) in [5, 5.41) is 0. The van der Waals surface area contributed by atoms with E-state index >= 15 is 0 Å². The van der Waals surface area contributed by atoms with Crippen molar-refractivity contribution < 1.29 is 13.5 Å². The third-order valence-electron chi connectivity index (χ3n) is 2.22. The van der Waals surface area contributed by atoms with E-state index in [2.05, 4.69) is 5.92 Å². The molecule has 1 aromatic rings. The molecule has 0 aliphatic carbocycles. The summed E-state index contributed by atoms with van der Waals surface area (Å²) in [6, 6.07) is 1.93. The first-order valence-corrected chi connectivity index (χ1v) is 4.43. The van der Waals surface area contributed by atoms with Crippen molar-refractivity contribution in [3.8, 4) is 18.1 Å². The lowest BCUT2D eigenvalue weighted by molar-refractivity contribution is 0.390. The first-order valence-electron chi connectivity index (χ1n) is 4.43. The van der Waals surface area contributed by atoms with Gasteiger partial charge in [0.1, 0.15) is 17.4 Å². The number of halogens is 2. The Morgan fingerprint density at radius 2 is 1.93 bits per heavy atom. The minimum Gasteiger partial charge on any atom is -0.496 e. The molecule has 0 heterocycles. The van der Waals surface area contributed by atoms with Crippen molar-refractivity contribution in [3.63, 3.8) is 0 Å². The molecule has 0 atom stereocenters. The van der Waals surface area contributed by atoms with Gasteiger partial charge in [-0.3, -0.25) is 0 Å². The molecule has 0 aliphatic heterocycles. The fourth-order valence-electron chi connectivity index (χ4n) is 1.39. The molecule has 0 spiro atoms. The van der Waals surface area contributed by atoms with Crippen molar-refractivity contribution in [1.82, 2.24) is 0 Å². The summed E-state index contributed by atoms with van der Waals surface area (Å²) in [6.45, 7) is 3.34. The molecule has 80 valence electrons. The number of terminal acetylenes is 1. The van der Waals surface area contributed by atoms with Crippen molar-refractivity contribution >= 4 is 0 Å². The lowest BCUT2D eigenvalue weighted by atomic mass is 9.84. The van der Waals surface area contributed by atoms with Gasteiger partial charge in [0.2, 0.25) is 0 Å². The summed E-state index contributed by atoms with van der Waals surface area (Å²) >= 11 is 0. The van der Waals surface area contributed by atoms with E-state index in [-0.39, 0.29) is 11.3 Å². The van der Waals surface area contributed by atoms with Crippen molar-refractivity contribution in [2.24, 2.45) is 0 Å². The largest absolute Gasteiger partial charge is 0.496 e. The highest BCUT2D eigenvalue weighted by molar-refractivity contribution is 5.44. The molecule has 0 radical (unpaired) electrons. The Bertz CT molecular complexity index is 416. The molecule has 0 saturated carbocycles. The zero-order chi connectivity index (χ0) is 11.6. The number of ether oxygens (including phenoxy) is 1. The minimum absolute atomic E-state index is 0.135. The van der Waals surface area contributed by atoms with E-state index in [0.29, 0.717) is 0 Å². The number of hydrogen-bond acceptors (Lipinski definition) is 1. The Hall–Kier alpha value is -1.56. The van der Waals surface area contributed by atoms with Crippen molar-refractivity contribution in [3.05, 3.63) is 29.3 Å². The van der Waals surface area contributed by atoms with Crippen LogP contribution in [0.15, 0.2) is 12.1 Å². The highest BCUT2D eigenvalue weighted by Gasteiger charge is 2.26. The van der Waals surface area contributed by atoms with E-state index in [0.717, 1.165) is 12.1 Å². The summed E-state index contributed by atoms with van der Waals surface area (Å²) in [5.41, 5.74) is -0.628. The van der Waals surface area contributed by atoms with Crippen LogP contribution in [0.2, 0.25) is 0 Å². The molecule has 15 heavy (non-hydrogen) atoms. The molecule has 0 N–H and O–H groups in total. The van der Waals surface area contributed by atoms with Crippen LogP contribution < -0.4 is 4.74 Å². The van der Waals surface area contributed by atoms with Gasteiger partial charge in [0.25, 0.3) is 0 Å². The maximum Gasteiger partial charge on any atom is 0.134 e. The van der Waals surface area contributed by atoms with Gasteiger partial charge in [-0.2, -0.15) is 0 Å². The van der Waals surface area contributed by atoms with Crippen LogP contribution in [0.1, 0.15) is 19.4 Å². The average molecular weight is 210 g/mol. The first-order chi connectivity index (χ1) is 6.92. The summed E-state index contributed by atoms with van der Waals surface area (Å²) in [6.07, 6.45) is 5.30. The Kier molecular flexibility index (Phi) is 2.99. The van der Waals surface area contributed by atoms with Crippen LogP contribution in [0.3, 0.4) is 0 Å². The number of methoxy groups -OCH3 is 1. The maximum absolute atomic E-state index is 13.6. The lowest BCUT2D eigenvalue weighted by Crippen LogP contribution is -2.17. The lowest BCUT2D eigenvalue weighted by Gasteiger charge is -2.21. The summed E-state index contributed by atoms with van der Waals surface area (Å²) in [7, 11) is 1.35. The Morgan fingerprint density at radius 1 is 1.33 bits per heavy atom. The third kappa shape index (κ3) is 2.10. The van der Waals surface area contributed by atoms with Crippen LogP contribution in [0.5, 0.6) is 5.75 Å². The standard InChI is InChI=1S/C12H12F2O/c1-5-12(2,3)11-9(14)6-8(13)7-10(11)15-4/h1,6-7H,2-4H3. The molecule has 0 aliphatic rings. The Balaban J connectivity index is 3.48. The second-order valence-corrected chi connectivity index (χ2v) is 3.73. The van der Waals surface area contributed by atoms with Crippen LogP contribution in [-0.4, -0.2) is 7.11 Å².